The van der Waals surface area contributed by atoms with Gasteiger partial charge in [-0.25, -0.2) is 9.78 Å². The molecule has 1 aliphatic heterocycles. The lowest BCUT2D eigenvalue weighted by Crippen LogP contribution is -2.60. The van der Waals surface area contributed by atoms with Gasteiger partial charge in [-0.05, 0) is 51.5 Å². The summed E-state index contributed by atoms with van der Waals surface area (Å²) in [4.78, 5) is 32.7. The van der Waals surface area contributed by atoms with E-state index in [0.717, 1.165) is 11.1 Å². The number of benzene rings is 2. The lowest BCUT2D eigenvalue weighted by Gasteiger charge is -2.47. The van der Waals surface area contributed by atoms with Crippen LogP contribution in [0, 0.1) is 0 Å². The van der Waals surface area contributed by atoms with Gasteiger partial charge in [-0.1, -0.05) is 30.3 Å². The zero-order valence-corrected chi connectivity index (χ0v) is 23.9. The molecule has 4 rings (SSSR count). The van der Waals surface area contributed by atoms with Crippen LogP contribution in [0.4, 0.5) is 0 Å². The first-order valence-corrected chi connectivity index (χ1v) is 13.8. The number of nitrogens with zero attached hydrogens (tertiary/aromatic N) is 1. The van der Waals surface area contributed by atoms with Gasteiger partial charge in [0, 0.05) is 22.7 Å². The Morgan fingerprint density at radius 2 is 1.74 bits per heavy atom. The zero-order chi connectivity index (χ0) is 28.2. The number of rotatable bonds is 9. The Kier molecular flexibility index (Phi) is 8.60. The number of thiazole rings is 1. The fraction of sp³-hybridized carbons (Fsp3) is 0.367. The molecule has 1 aromatic heterocycles. The smallest absolute Gasteiger partial charge is 0.336 e. The maximum Gasteiger partial charge on any atom is 0.336 e. The Morgan fingerprint density at radius 3 is 2.38 bits per heavy atom. The topological polar surface area (TPSA) is 96.0 Å². The van der Waals surface area contributed by atoms with Crippen molar-refractivity contribution in [1.29, 1.82) is 0 Å². The van der Waals surface area contributed by atoms with Gasteiger partial charge in [-0.2, -0.15) is 0 Å². The highest BCUT2D eigenvalue weighted by Gasteiger charge is 2.59. The number of carbonyl (C=O) groups excluding carboxylic acids is 2. The largest absolute Gasteiger partial charge is 0.497 e. The van der Waals surface area contributed by atoms with Gasteiger partial charge in [-0.15, -0.1) is 11.3 Å². The predicted octanol–water partition coefficient (Wildman–Crippen LogP) is 5.24. The average molecular weight is 551 g/mol. The first kappa shape index (κ1) is 28.2. The number of allylic oxidation sites excluding steroid dienone is 1. The number of hydrogen-bond acceptors (Lipinski definition) is 9. The van der Waals surface area contributed by atoms with Crippen molar-refractivity contribution < 1.29 is 28.5 Å². The summed E-state index contributed by atoms with van der Waals surface area (Å²) in [6, 6.07) is 14.5. The fourth-order valence-corrected chi connectivity index (χ4v) is 6.36. The van der Waals surface area contributed by atoms with Crippen LogP contribution in [0.1, 0.15) is 44.2 Å². The van der Waals surface area contributed by atoms with Crippen LogP contribution >= 0.6 is 11.3 Å². The lowest BCUT2D eigenvalue weighted by molar-refractivity contribution is -0.153. The number of methoxy groups -OCH3 is 2. The van der Waals surface area contributed by atoms with E-state index in [1.807, 2.05) is 67.8 Å². The third-order valence-electron chi connectivity index (χ3n) is 7.08. The molecule has 0 saturated carbocycles. The summed E-state index contributed by atoms with van der Waals surface area (Å²) in [6.45, 7) is 7.68. The predicted molar refractivity (Wildman–Crippen MR) is 150 cm³/mol. The second-order valence-corrected chi connectivity index (χ2v) is 10.0. The first-order valence-electron chi connectivity index (χ1n) is 12.9. The Balaban J connectivity index is 2.02. The van der Waals surface area contributed by atoms with Crippen LogP contribution in [0.25, 0.3) is 11.3 Å². The summed E-state index contributed by atoms with van der Waals surface area (Å²) < 4.78 is 22.3. The number of hydrogen-bond donors (Lipinski definition) is 1. The van der Waals surface area contributed by atoms with Crippen molar-refractivity contribution in [3.05, 3.63) is 75.8 Å². The molecule has 0 radical (unpaired) electrons. The number of nitrogens with one attached hydrogen (secondary N) is 1. The van der Waals surface area contributed by atoms with Gasteiger partial charge in [0.25, 0.3) is 0 Å². The Labute approximate surface area is 233 Å². The Bertz CT molecular complexity index is 1370. The molecule has 1 N–H and O–H groups in total. The van der Waals surface area contributed by atoms with E-state index in [-0.39, 0.29) is 13.2 Å². The molecule has 9 heteroatoms. The second kappa shape index (κ2) is 11.9. The SMILES string of the molecule is CCOC(=O)C1=C(C)NC(C)C(C(=O)OCC)(c2ccccc2)C1c1nc(-c2cc(OC)ccc2OC)cs1. The molecular weight excluding hydrogens is 516 g/mol. The van der Waals surface area contributed by atoms with E-state index in [4.69, 9.17) is 23.9 Å². The van der Waals surface area contributed by atoms with E-state index in [1.54, 1.807) is 28.1 Å². The lowest BCUT2D eigenvalue weighted by atomic mass is 9.61. The molecule has 2 aromatic carbocycles. The highest BCUT2D eigenvalue weighted by atomic mass is 32.1. The summed E-state index contributed by atoms with van der Waals surface area (Å²) >= 11 is 1.37. The van der Waals surface area contributed by atoms with E-state index in [9.17, 15) is 9.59 Å². The molecule has 2 heterocycles. The van der Waals surface area contributed by atoms with Crippen molar-refractivity contribution >= 4 is 23.3 Å². The van der Waals surface area contributed by atoms with Crippen molar-refractivity contribution in [3.63, 3.8) is 0 Å². The van der Waals surface area contributed by atoms with Crippen LogP contribution in [-0.2, 0) is 24.5 Å². The molecule has 39 heavy (non-hydrogen) atoms. The van der Waals surface area contributed by atoms with Crippen LogP contribution in [0.15, 0.2) is 65.2 Å². The highest BCUT2D eigenvalue weighted by molar-refractivity contribution is 7.10. The molecule has 0 saturated heterocycles. The average Bonchev–Trinajstić information content (AvgIpc) is 3.43. The first-order chi connectivity index (χ1) is 18.8. The van der Waals surface area contributed by atoms with Crippen LogP contribution in [0.3, 0.4) is 0 Å². The quantitative estimate of drug-likeness (QED) is 0.362. The van der Waals surface area contributed by atoms with Crippen LogP contribution in [0.2, 0.25) is 0 Å². The van der Waals surface area contributed by atoms with Crippen LogP contribution in [-0.4, -0.2) is 50.4 Å². The molecule has 206 valence electrons. The van der Waals surface area contributed by atoms with Gasteiger partial charge in [0.1, 0.15) is 21.9 Å². The number of esters is 2. The molecule has 0 spiro atoms. The van der Waals surface area contributed by atoms with E-state index >= 15 is 0 Å². The summed E-state index contributed by atoms with van der Waals surface area (Å²) in [5, 5.41) is 5.87. The summed E-state index contributed by atoms with van der Waals surface area (Å²) in [6.07, 6.45) is 0. The third kappa shape index (κ3) is 4.98. The maximum absolute atomic E-state index is 14.1. The van der Waals surface area contributed by atoms with Crippen molar-refractivity contribution in [2.24, 2.45) is 0 Å². The molecular formula is C30H34N2O6S. The van der Waals surface area contributed by atoms with Gasteiger partial charge < -0.3 is 24.3 Å². The van der Waals surface area contributed by atoms with E-state index < -0.39 is 29.3 Å². The number of ether oxygens (including phenoxy) is 4. The summed E-state index contributed by atoms with van der Waals surface area (Å²) in [5.41, 5.74) is 1.79. The Hall–Kier alpha value is -3.85. The molecule has 3 aromatic rings. The standard InChI is InChI=1S/C30H34N2O6S/c1-7-37-28(33)25-18(3)31-19(4)30(29(34)38-8-2,20-12-10-9-11-13-20)26(25)27-32-23(17-39-27)22-16-21(35-5)14-15-24(22)36-6/h9-17,19,26,31H,7-8H2,1-6H3. The molecule has 0 bridgehead atoms. The monoisotopic (exact) mass is 550 g/mol. The number of aromatic nitrogens is 1. The fourth-order valence-electron chi connectivity index (χ4n) is 5.36. The molecule has 0 aliphatic carbocycles. The number of carbonyl (C=O) groups is 2. The van der Waals surface area contributed by atoms with Crippen molar-refractivity contribution in [2.45, 2.75) is 45.1 Å². The minimum absolute atomic E-state index is 0.189. The van der Waals surface area contributed by atoms with Crippen molar-refractivity contribution in [2.75, 3.05) is 27.4 Å². The van der Waals surface area contributed by atoms with Gasteiger partial charge in [-0.3, -0.25) is 4.79 Å². The van der Waals surface area contributed by atoms with E-state index in [2.05, 4.69) is 5.32 Å². The summed E-state index contributed by atoms with van der Waals surface area (Å²) in [7, 11) is 3.19. The maximum atomic E-state index is 14.1. The molecule has 3 atom stereocenters. The second-order valence-electron chi connectivity index (χ2n) is 9.15. The van der Waals surface area contributed by atoms with E-state index in [0.29, 0.717) is 33.5 Å². The Morgan fingerprint density at radius 1 is 1.03 bits per heavy atom. The van der Waals surface area contributed by atoms with Crippen molar-refractivity contribution in [3.8, 4) is 22.8 Å². The van der Waals surface area contributed by atoms with Gasteiger partial charge in [0.2, 0.25) is 0 Å². The highest BCUT2D eigenvalue weighted by Crippen LogP contribution is 2.52. The molecule has 0 amide bonds. The zero-order valence-electron chi connectivity index (χ0n) is 23.1. The van der Waals surface area contributed by atoms with E-state index in [1.165, 1.54) is 11.3 Å². The van der Waals surface area contributed by atoms with Gasteiger partial charge in [0.05, 0.1) is 44.6 Å². The van der Waals surface area contributed by atoms with Crippen LogP contribution < -0.4 is 14.8 Å². The molecule has 3 unspecified atom stereocenters. The van der Waals surface area contributed by atoms with Gasteiger partial charge >= 0.3 is 11.9 Å². The van der Waals surface area contributed by atoms with Crippen molar-refractivity contribution in [1.82, 2.24) is 10.3 Å². The minimum Gasteiger partial charge on any atom is -0.497 e. The summed E-state index contributed by atoms with van der Waals surface area (Å²) in [5.74, 6) is -0.428. The normalized spacial score (nSPS) is 20.7. The third-order valence-corrected chi connectivity index (χ3v) is 7.99. The molecule has 8 nitrogen and oxygen atoms in total. The minimum atomic E-state index is -1.30. The van der Waals surface area contributed by atoms with Gasteiger partial charge in [0.15, 0.2) is 0 Å². The molecule has 0 fully saturated rings. The van der Waals surface area contributed by atoms with Crippen LogP contribution in [0.5, 0.6) is 11.5 Å². The molecule has 1 aliphatic rings.